The minimum absolute atomic E-state index is 0.807. The third kappa shape index (κ3) is 5.10. The van der Waals surface area contributed by atoms with Gasteiger partial charge in [0.05, 0.1) is 13.1 Å². The Balaban J connectivity index is 1.69. The number of nitrogens with zero attached hydrogens (tertiary/aromatic N) is 2. The monoisotopic (exact) mass is 314 g/mol. The molecule has 0 spiro atoms. The van der Waals surface area contributed by atoms with Gasteiger partial charge < -0.3 is 0 Å². The number of hydrazone groups is 1. The average molecular weight is 314 g/mol. The number of hydrogen-bond donors (Lipinski definition) is 0. The highest BCUT2D eigenvalue weighted by Gasteiger charge is 2.03. The molecule has 0 aromatic heterocycles. The summed E-state index contributed by atoms with van der Waals surface area (Å²) in [5.41, 5.74) is 3.82. The van der Waals surface area contributed by atoms with Crippen LogP contribution < -0.4 is 0 Å². The van der Waals surface area contributed by atoms with Crippen LogP contribution in [0.25, 0.3) is 0 Å². The lowest BCUT2D eigenvalue weighted by molar-refractivity contribution is 0.272. The summed E-state index contributed by atoms with van der Waals surface area (Å²) in [5, 5.41) is 6.84. The summed E-state index contributed by atoms with van der Waals surface area (Å²) in [7, 11) is 0. The van der Waals surface area contributed by atoms with E-state index >= 15 is 0 Å². The van der Waals surface area contributed by atoms with Gasteiger partial charge in [-0.2, -0.15) is 5.10 Å². The summed E-state index contributed by atoms with van der Waals surface area (Å²) in [6.07, 6.45) is 2.85. The second kappa shape index (κ2) is 8.68. The normalized spacial score (nSPS) is 10.8. The molecule has 24 heavy (non-hydrogen) atoms. The predicted octanol–water partition coefficient (Wildman–Crippen LogP) is 4.92. The summed E-state index contributed by atoms with van der Waals surface area (Å²) in [6, 6.07) is 31.4. The van der Waals surface area contributed by atoms with Crippen LogP contribution in [0.3, 0.4) is 0 Å². The van der Waals surface area contributed by atoms with Crippen LogP contribution in [0.4, 0.5) is 0 Å². The van der Waals surface area contributed by atoms with Crippen LogP contribution in [0.15, 0.2) is 96.1 Å². The van der Waals surface area contributed by atoms with Crippen LogP contribution in [-0.2, 0) is 19.5 Å². The van der Waals surface area contributed by atoms with Crippen molar-refractivity contribution in [2.45, 2.75) is 19.5 Å². The molecule has 0 aliphatic heterocycles. The van der Waals surface area contributed by atoms with Crippen LogP contribution in [0.5, 0.6) is 0 Å². The third-order valence-electron chi connectivity index (χ3n) is 3.83. The number of hydrogen-bond acceptors (Lipinski definition) is 2. The molecule has 0 bridgehead atoms. The lowest BCUT2D eigenvalue weighted by Crippen LogP contribution is -2.17. The minimum Gasteiger partial charge on any atom is -0.289 e. The molecule has 0 fully saturated rings. The molecular weight excluding hydrogens is 292 g/mol. The van der Waals surface area contributed by atoms with E-state index in [1.807, 2.05) is 24.4 Å². The molecule has 3 aromatic rings. The van der Waals surface area contributed by atoms with Crippen molar-refractivity contribution in [2.24, 2.45) is 5.10 Å². The second-order valence-corrected chi connectivity index (χ2v) is 5.78. The predicted molar refractivity (Wildman–Crippen MR) is 101 cm³/mol. The topological polar surface area (TPSA) is 15.6 Å². The zero-order chi connectivity index (χ0) is 16.5. The molecule has 0 N–H and O–H groups in total. The molecule has 0 saturated carbocycles. The van der Waals surface area contributed by atoms with E-state index < -0.39 is 0 Å². The minimum atomic E-state index is 0.807. The standard InChI is InChI=1S/C22H22N2/c1-4-10-20(11-5-1)16-17-23-24(18-21-12-6-2-7-13-21)19-22-14-8-3-9-15-22/h1-15,17H,16,18-19H2/b23-17+. The van der Waals surface area contributed by atoms with Crippen molar-refractivity contribution in [1.29, 1.82) is 0 Å². The lowest BCUT2D eigenvalue weighted by Gasteiger charge is -2.19. The summed E-state index contributed by atoms with van der Waals surface area (Å²) < 4.78 is 0. The van der Waals surface area contributed by atoms with Gasteiger partial charge in [0.2, 0.25) is 0 Å². The molecule has 0 radical (unpaired) electrons. The Hall–Kier alpha value is -2.87. The fourth-order valence-corrected chi connectivity index (χ4v) is 2.60. The molecule has 0 heterocycles. The maximum Gasteiger partial charge on any atom is 0.0614 e. The maximum absolute atomic E-state index is 4.72. The molecule has 0 saturated heterocycles. The van der Waals surface area contributed by atoms with E-state index in [9.17, 15) is 0 Å². The molecule has 2 heteroatoms. The van der Waals surface area contributed by atoms with Gasteiger partial charge in [0, 0.05) is 12.6 Å². The van der Waals surface area contributed by atoms with Crippen molar-refractivity contribution in [3.8, 4) is 0 Å². The van der Waals surface area contributed by atoms with Crippen molar-refractivity contribution < 1.29 is 0 Å². The Labute approximate surface area is 144 Å². The van der Waals surface area contributed by atoms with Crippen molar-refractivity contribution in [1.82, 2.24) is 5.01 Å². The molecule has 120 valence electrons. The van der Waals surface area contributed by atoms with Crippen molar-refractivity contribution in [2.75, 3.05) is 0 Å². The van der Waals surface area contributed by atoms with E-state index in [1.54, 1.807) is 0 Å². The van der Waals surface area contributed by atoms with Gasteiger partial charge >= 0.3 is 0 Å². The van der Waals surface area contributed by atoms with Gasteiger partial charge in [0.15, 0.2) is 0 Å². The molecule has 0 atom stereocenters. The Bertz CT molecular complexity index is 695. The fourth-order valence-electron chi connectivity index (χ4n) is 2.60. The zero-order valence-corrected chi connectivity index (χ0v) is 13.8. The average Bonchev–Trinajstić information content (AvgIpc) is 2.64. The molecule has 0 aliphatic rings. The first-order valence-electron chi connectivity index (χ1n) is 8.29. The van der Waals surface area contributed by atoms with E-state index in [1.165, 1.54) is 16.7 Å². The maximum atomic E-state index is 4.72. The summed E-state index contributed by atoms with van der Waals surface area (Å²) in [6.45, 7) is 1.61. The molecule has 2 nitrogen and oxygen atoms in total. The summed E-state index contributed by atoms with van der Waals surface area (Å²) in [5.74, 6) is 0. The zero-order valence-electron chi connectivity index (χ0n) is 13.8. The molecule has 0 unspecified atom stereocenters. The van der Waals surface area contributed by atoms with E-state index in [0.717, 1.165) is 19.5 Å². The Morgan fingerprint density at radius 2 is 1.00 bits per heavy atom. The second-order valence-electron chi connectivity index (χ2n) is 5.78. The van der Waals surface area contributed by atoms with Gasteiger partial charge in [-0.25, -0.2) is 0 Å². The smallest absolute Gasteiger partial charge is 0.0614 e. The summed E-state index contributed by atoms with van der Waals surface area (Å²) >= 11 is 0. The van der Waals surface area contributed by atoms with Gasteiger partial charge in [-0.05, 0) is 16.7 Å². The first kappa shape index (κ1) is 16.0. The molecule has 3 aromatic carbocycles. The highest BCUT2D eigenvalue weighted by molar-refractivity contribution is 5.61. The van der Waals surface area contributed by atoms with Crippen LogP contribution in [0.2, 0.25) is 0 Å². The van der Waals surface area contributed by atoms with E-state index in [2.05, 4.69) is 77.8 Å². The fraction of sp³-hybridized carbons (Fsp3) is 0.136. The Morgan fingerprint density at radius 3 is 1.46 bits per heavy atom. The first-order chi connectivity index (χ1) is 11.9. The first-order valence-corrected chi connectivity index (χ1v) is 8.29. The van der Waals surface area contributed by atoms with Gasteiger partial charge in [0.25, 0.3) is 0 Å². The number of benzene rings is 3. The highest BCUT2D eigenvalue weighted by atomic mass is 15.4. The van der Waals surface area contributed by atoms with E-state index in [-0.39, 0.29) is 0 Å². The lowest BCUT2D eigenvalue weighted by atomic mass is 10.2. The Kier molecular flexibility index (Phi) is 5.79. The van der Waals surface area contributed by atoms with Gasteiger partial charge in [-0.3, -0.25) is 5.01 Å². The van der Waals surface area contributed by atoms with Crippen molar-refractivity contribution >= 4 is 6.21 Å². The van der Waals surface area contributed by atoms with E-state index in [4.69, 9.17) is 5.10 Å². The van der Waals surface area contributed by atoms with Crippen molar-refractivity contribution in [3.05, 3.63) is 108 Å². The molecule has 3 rings (SSSR count). The van der Waals surface area contributed by atoms with Crippen LogP contribution in [0, 0.1) is 0 Å². The Morgan fingerprint density at radius 1 is 0.583 bits per heavy atom. The van der Waals surface area contributed by atoms with E-state index in [0.29, 0.717) is 0 Å². The van der Waals surface area contributed by atoms with Crippen LogP contribution >= 0.6 is 0 Å². The quantitative estimate of drug-likeness (QED) is 0.446. The molecular formula is C22H22N2. The molecule has 0 amide bonds. The highest BCUT2D eigenvalue weighted by Crippen LogP contribution is 2.10. The number of rotatable bonds is 7. The van der Waals surface area contributed by atoms with Crippen LogP contribution in [0.1, 0.15) is 16.7 Å². The van der Waals surface area contributed by atoms with Crippen LogP contribution in [-0.4, -0.2) is 11.2 Å². The van der Waals surface area contributed by atoms with Crippen molar-refractivity contribution in [3.63, 3.8) is 0 Å². The van der Waals surface area contributed by atoms with Gasteiger partial charge in [0.1, 0.15) is 0 Å². The largest absolute Gasteiger partial charge is 0.289 e. The summed E-state index contributed by atoms with van der Waals surface area (Å²) in [4.78, 5) is 0. The third-order valence-corrected chi connectivity index (χ3v) is 3.83. The van der Waals surface area contributed by atoms with Gasteiger partial charge in [-0.1, -0.05) is 91.0 Å². The van der Waals surface area contributed by atoms with Gasteiger partial charge in [-0.15, -0.1) is 0 Å². The SMILES string of the molecule is C(/Cc1ccccc1)=N\N(Cc1ccccc1)Cc1ccccc1. The molecule has 0 aliphatic carbocycles.